The molecule has 0 saturated carbocycles. The first-order chi connectivity index (χ1) is 9.70. The molecule has 0 spiro atoms. The van der Waals surface area contributed by atoms with Gasteiger partial charge in [0.25, 0.3) is 0 Å². The third-order valence-electron chi connectivity index (χ3n) is 3.34. The number of rotatable bonds is 3. The van der Waals surface area contributed by atoms with E-state index < -0.39 is 5.97 Å². The Morgan fingerprint density at radius 1 is 1.10 bits per heavy atom. The van der Waals surface area contributed by atoms with Crippen LogP contribution >= 0.6 is 0 Å². The second-order valence-corrected chi connectivity index (χ2v) is 4.53. The molecule has 2 N–H and O–H groups in total. The molecule has 0 saturated heterocycles. The number of nitrogens with one attached hydrogen (secondary N) is 1. The standard InChI is InChI=1S/C16H14N2O2/c1-17-18-14-8-7-12(16(19)20)9-13(14)10-15(18)11-5-3-2-4-6-11/h2-10,17H,1H3,(H,19,20). The van der Waals surface area contributed by atoms with Crippen molar-refractivity contribution < 1.29 is 9.90 Å². The summed E-state index contributed by atoms with van der Waals surface area (Å²) in [6, 6.07) is 17.1. The Morgan fingerprint density at radius 2 is 1.85 bits per heavy atom. The molecule has 100 valence electrons. The maximum Gasteiger partial charge on any atom is 0.335 e. The maximum absolute atomic E-state index is 11.1. The molecule has 3 aromatic rings. The van der Waals surface area contributed by atoms with Crippen LogP contribution in [0.15, 0.2) is 54.6 Å². The minimum atomic E-state index is -0.912. The first-order valence-electron chi connectivity index (χ1n) is 6.32. The van der Waals surface area contributed by atoms with E-state index in [1.165, 1.54) is 0 Å². The van der Waals surface area contributed by atoms with Crippen LogP contribution in [0.5, 0.6) is 0 Å². The van der Waals surface area contributed by atoms with Crippen LogP contribution < -0.4 is 5.43 Å². The summed E-state index contributed by atoms with van der Waals surface area (Å²) in [6.07, 6.45) is 0. The average molecular weight is 266 g/mol. The van der Waals surface area contributed by atoms with Crippen LogP contribution in [0.4, 0.5) is 0 Å². The van der Waals surface area contributed by atoms with Gasteiger partial charge >= 0.3 is 5.97 Å². The molecule has 1 heterocycles. The first-order valence-corrected chi connectivity index (χ1v) is 6.32. The maximum atomic E-state index is 11.1. The molecule has 4 heteroatoms. The van der Waals surface area contributed by atoms with E-state index in [0.717, 1.165) is 22.2 Å². The summed E-state index contributed by atoms with van der Waals surface area (Å²) in [7, 11) is 1.84. The fraction of sp³-hybridized carbons (Fsp3) is 0.0625. The molecule has 4 nitrogen and oxygen atoms in total. The smallest absolute Gasteiger partial charge is 0.335 e. The van der Waals surface area contributed by atoms with Crippen molar-refractivity contribution in [2.24, 2.45) is 0 Å². The largest absolute Gasteiger partial charge is 0.478 e. The fourth-order valence-electron chi connectivity index (χ4n) is 2.41. The minimum absolute atomic E-state index is 0.297. The van der Waals surface area contributed by atoms with E-state index >= 15 is 0 Å². The van der Waals surface area contributed by atoms with Crippen molar-refractivity contribution in [1.29, 1.82) is 0 Å². The molecule has 0 amide bonds. The van der Waals surface area contributed by atoms with Crippen molar-refractivity contribution in [1.82, 2.24) is 4.68 Å². The van der Waals surface area contributed by atoms with Gasteiger partial charge in [-0.15, -0.1) is 0 Å². The summed E-state index contributed by atoms with van der Waals surface area (Å²) in [5.41, 5.74) is 6.47. The Bertz CT molecular complexity index is 776. The van der Waals surface area contributed by atoms with Crippen LogP contribution in [0.3, 0.4) is 0 Å². The number of carbonyl (C=O) groups is 1. The van der Waals surface area contributed by atoms with E-state index in [9.17, 15) is 4.79 Å². The van der Waals surface area contributed by atoms with Gasteiger partial charge in [-0.3, -0.25) is 4.68 Å². The van der Waals surface area contributed by atoms with Gasteiger partial charge in [-0.05, 0) is 24.3 Å². The lowest BCUT2D eigenvalue weighted by Gasteiger charge is -2.09. The van der Waals surface area contributed by atoms with E-state index in [4.69, 9.17) is 5.11 Å². The summed E-state index contributed by atoms with van der Waals surface area (Å²) in [5, 5.41) is 9.97. The minimum Gasteiger partial charge on any atom is -0.478 e. The predicted molar refractivity (Wildman–Crippen MR) is 79.6 cm³/mol. The van der Waals surface area contributed by atoms with Gasteiger partial charge in [0.1, 0.15) is 0 Å². The molecule has 0 aliphatic rings. The van der Waals surface area contributed by atoms with Gasteiger partial charge in [-0.25, -0.2) is 4.79 Å². The molecule has 0 aliphatic carbocycles. The first kappa shape index (κ1) is 12.3. The summed E-state index contributed by atoms with van der Waals surface area (Å²) in [5.74, 6) is -0.912. The van der Waals surface area contributed by atoms with Crippen LogP contribution in [-0.2, 0) is 0 Å². The van der Waals surface area contributed by atoms with Crippen LogP contribution in [0.1, 0.15) is 10.4 Å². The molecule has 3 rings (SSSR count). The topological polar surface area (TPSA) is 54.3 Å². The number of aromatic nitrogens is 1. The van der Waals surface area contributed by atoms with Gasteiger partial charge in [0, 0.05) is 18.0 Å². The predicted octanol–water partition coefficient (Wildman–Crippen LogP) is 3.18. The van der Waals surface area contributed by atoms with Crippen molar-refractivity contribution in [2.75, 3.05) is 12.5 Å². The molecular weight excluding hydrogens is 252 g/mol. The number of hydrogen-bond donors (Lipinski definition) is 2. The van der Waals surface area contributed by atoms with Crippen LogP contribution in [-0.4, -0.2) is 22.8 Å². The number of hydrogen-bond acceptors (Lipinski definition) is 2. The number of nitrogens with zero attached hydrogens (tertiary/aromatic N) is 1. The van der Waals surface area contributed by atoms with E-state index in [-0.39, 0.29) is 0 Å². The summed E-state index contributed by atoms with van der Waals surface area (Å²) in [4.78, 5) is 11.1. The Morgan fingerprint density at radius 3 is 2.50 bits per heavy atom. The van der Waals surface area contributed by atoms with E-state index in [0.29, 0.717) is 5.56 Å². The van der Waals surface area contributed by atoms with Crippen molar-refractivity contribution in [3.63, 3.8) is 0 Å². The van der Waals surface area contributed by atoms with Crippen LogP contribution in [0.2, 0.25) is 0 Å². The molecule has 0 unspecified atom stereocenters. The molecular formula is C16H14N2O2. The lowest BCUT2D eigenvalue weighted by molar-refractivity contribution is 0.0697. The molecule has 0 radical (unpaired) electrons. The fourth-order valence-corrected chi connectivity index (χ4v) is 2.41. The SMILES string of the molecule is CNn1c(-c2ccccc2)cc2cc(C(=O)O)ccc21. The second kappa shape index (κ2) is 4.74. The van der Waals surface area contributed by atoms with Crippen molar-refractivity contribution in [2.45, 2.75) is 0 Å². The zero-order chi connectivity index (χ0) is 14.1. The van der Waals surface area contributed by atoms with Gasteiger partial charge in [0.15, 0.2) is 0 Å². The van der Waals surface area contributed by atoms with Gasteiger partial charge in [0.2, 0.25) is 0 Å². The number of aromatic carboxylic acids is 1. The highest BCUT2D eigenvalue weighted by molar-refractivity contribution is 5.95. The summed E-state index contributed by atoms with van der Waals surface area (Å²) < 4.78 is 1.95. The Kier molecular flexibility index (Phi) is 2.91. The van der Waals surface area contributed by atoms with Crippen LogP contribution in [0, 0.1) is 0 Å². The molecule has 1 aromatic heterocycles. The zero-order valence-corrected chi connectivity index (χ0v) is 11.0. The van der Waals surface area contributed by atoms with Gasteiger partial charge in [-0.2, -0.15) is 0 Å². The molecule has 0 bridgehead atoms. The number of benzene rings is 2. The normalized spacial score (nSPS) is 10.7. The lowest BCUT2D eigenvalue weighted by Crippen LogP contribution is -2.09. The number of carboxylic acids is 1. The molecule has 20 heavy (non-hydrogen) atoms. The lowest BCUT2D eigenvalue weighted by atomic mass is 10.1. The molecule has 0 atom stereocenters. The van der Waals surface area contributed by atoms with E-state index in [1.54, 1.807) is 12.1 Å². The zero-order valence-electron chi connectivity index (χ0n) is 11.0. The highest BCUT2D eigenvalue weighted by atomic mass is 16.4. The Balaban J connectivity index is 2.25. The van der Waals surface area contributed by atoms with Crippen molar-refractivity contribution >= 4 is 16.9 Å². The van der Waals surface area contributed by atoms with E-state index in [1.807, 2.05) is 54.2 Å². The number of carboxylic acid groups (broad SMARTS) is 1. The summed E-state index contributed by atoms with van der Waals surface area (Å²) in [6.45, 7) is 0. The van der Waals surface area contributed by atoms with Gasteiger partial charge in [-0.1, -0.05) is 30.3 Å². The highest BCUT2D eigenvalue weighted by Gasteiger charge is 2.11. The Labute approximate surface area is 116 Å². The highest BCUT2D eigenvalue weighted by Crippen LogP contribution is 2.27. The van der Waals surface area contributed by atoms with Gasteiger partial charge < -0.3 is 10.5 Å². The van der Waals surface area contributed by atoms with Crippen molar-refractivity contribution in [3.8, 4) is 11.3 Å². The third-order valence-corrected chi connectivity index (χ3v) is 3.34. The molecule has 2 aromatic carbocycles. The second-order valence-electron chi connectivity index (χ2n) is 4.53. The molecule has 0 aliphatic heterocycles. The molecule has 0 fully saturated rings. The van der Waals surface area contributed by atoms with E-state index in [2.05, 4.69) is 5.43 Å². The third kappa shape index (κ3) is 1.91. The summed E-state index contributed by atoms with van der Waals surface area (Å²) >= 11 is 0. The average Bonchev–Trinajstić information content (AvgIpc) is 2.85. The Hall–Kier alpha value is -2.75. The monoisotopic (exact) mass is 266 g/mol. The van der Waals surface area contributed by atoms with Gasteiger partial charge in [0.05, 0.1) is 16.8 Å². The quantitative estimate of drug-likeness (QED) is 0.765. The van der Waals surface area contributed by atoms with Crippen LogP contribution in [0.25, 0.3) is 22.2 Å². The van der Waals surface area contributed by atoms with Crippen molar-refractivity contribution in [3.05, 3.63) is 60.2 Å². The number of fused-ring (bicyclic) bond motifs is 1.